The van der Waals surface area contributed by atoms with Gasteiger partial charge in [-0.1, -0.05) is 30.3 Å². The lowest BCUT2D eigenvalue weighted by Gasteiger charge is -2.48. The molecule has 0 saturated carbocycles. The molecule has 3 aliphatic heterocycles. The van der Waals surface area contributed by atoms with Gasteiger partial charge in [-0.25, -0.2) is 0 Å². The minimum Gasteiger partial charge on any atom is -0.394 e. The van der Waals surface area contributed by atoms with Crippen molar-refractivity contribution >= 4 is 0 Å². The maximum Gasteiger partial charge on any atom is 0.187 e. The lowest BCUT2D eigenvalue weighted by atomic mass is 9.96. The van der Waals surface area contributed by atoms with Crippen LogP contribution in [0.1, 0.15) is 5.56 Å². The Bertz CT molecular complexity index is 922. The second kappa shape index (κ2) is 14.4. The van der Waals surface area contributed by atoms with Gasteiger partial charge in [-0.15, -0.1) is 0 Å². The van der Waals surface area contributed by atoms with Crippen LogP contribution in [0.2, 0.25) is 0 Å². The van der Waals surface area contributed by atoms with Crippen LogP contribution in [0.3, 0.4) is 0 Å². The lowest BCUT2D eigenvalue weighted by Crippen LogP contribution is -2.66. The zero-order valence-electron chi connectivity index (χ0n) is 21.8. The highest BCUT2D eigenvalue weighted by Crippen LogP contribution is 2.32. The van der Waals surface area contributed by atoms with Crippen LogP contribution < -0.4 is 0 Å². The summed E-state index contributed by atoms with van der Waals surface area (Å²) in [5.74, 6) is 0. The first-order valence-electron chi connectivity index (χ1n) is 13.1. The van der Waals surface area contributed by atoms with Crippen LogP contribution in [0.4, 0.5) is 0 Å². The molecule has 16 heteroatoms. The van der Waals surface area contributed by atoms with E-state index in [0.717, 1.165) is 5.56 Å². The Labute approximate surface area is 234 Å². The number of aliphatic hydroxyl groups excluding tert-OH is 10. The summed E-state index contributed by atoms with van der Waals surface area (Å²) in [6, 6.07) is 8.93. The van der Waals surface area contributed by atoms with Gasteiger partial charge in [0.2, 0.25) is 0 Å². The third kappa shape index (κ3) is 7.05. The summed E-state index contributed by atoms with van der Waals surface area (Å²) < 4.78 is 33.1. The molecule has 3 fully saturated rings. The Morgan fingerprint density at radius 3 is 1.63 bits per heavy atom. The maximum atomic E-state index is 11.0. The number of aliphatic hydroxyl groups is 10. The van der Waals surface area contributed by atoms with Crippen LogP contribution >= 0.6 is 0 Å². The summed E-state index contributed by atoms with van der Waals surface area (Å²) in [6.07, 6.45) is -24.5. The number of rotatable bonds is 10. The molecule has 3 heterocycles. The molecule has 0 aromatic heterocycles. The Morgan fingerprint density at radius 2 is 1.02 bits per heavy atom. The van der Waals surface area contributed by atoms with Crippen LogP contribution in [0.15, 0.2) is 30.3 Å². The molecular formula is C25H38O16. The zero-order chi connectivity index (χ0) is 29.8. The molecule has 0 aliphatic carbocycles. The van der Waals surface area contributed by atoms with E-state index in [1.54, 1.807) is 24.3 Å². The van der Waals surface area contributed by atoms with Crippen molar-refractivity contribution in [2.24, 2.45) is 0 Å². The monoisotopic (exact) mass is 594 g/mol. The van der Waals surface area contributed by atoms with E-state index in [1.165, 1.54) is 0 Å². The fourth-order valence-corrected chi connectivity index (χ4v) is 4.93. The largest absolute Gasteiger partial charge is 0.394 e. The molecule has 41 heavy (non-hydrogen) atoms. The number of hydrogen-bond acceptors (Lipinski definition) is 16. The SMILES string of the molecule is OCC1O[C@@H](O[C@@H]2C(O)[C@H](O[C@H]3C(CO)O[C@@H](OCc4ccccc4)C(O)[C@H]3O)OC(CO)[C@@H]2O)C(O)[C@@H](O)[C@H]1O. The van der Waals surface area contributed by atoms with Crippen molar-refractivity contribution in [2.75, 3.05) is 19.8 Å². The molecular weight excluding hydrogens is 556 g/mol. The first-order chi connectivity index (χ1) is 19.6. The summed E-state index contributed by atoms with van der Waals surface area (Å²) in [6.45, 7) is -2.24. The average molecular weight is 595 g/mol. The molecule has 0 spiro atoms. The Balaban J connectivity index is 1.45. The van der Waals surface area contributed by atoms with Crippen LogP contribution in [0.25, 0.3) is 0 Å². The molecule has 6 unspecified atom stereocenters. The fourth-order valence-electron chi connectivity index (χ4n) is 4.93. The van der Waals surface area contributed by atoms with Gasteiger partial charge in [-0.05, 0) is 5.56 Å². The Kier molecular flexibility index (Phi) is 11.4. The quantitative estimate of drug-likeness (QED) is 0.121. The van der Waals surface area contributed by atoms with Gasteiger partial charge in [0.15, 0.2) is 18.9 Å². The summed E-state index contributed by atoms with van der Waals surface area (Å²) >= 11 is 0. The van der Waals surface area contributed by atoms with Crippen molar-refractivity contribution < 1.29 is 79.5 Å². The van der Waals surface area contributed by atoms with Gasteiger partial charge in [0.25, 0.3) is 0 Å². The van der Waals surface area contributed by atoms with E-state index in [4.69, 9.17) is 28.4 Å². The first-order valence-corrected chi connectivity index (χ1v) is 13.1. The topological polar surface area (TPSA) is 258 Å². The van der Waals surface area contributed by atoms with Crippen molar-refractivity contribution in [2.45, 2.75) is 98.7 Å². The summed E-state index contributed by atoms with van der Waals surface area (Å²) in [5.41, 5.74) is 0.759. The van der Waals surface area contributed by atoms with E-state index in [9.17, 15) is 51.1 Å². The standard InChI is InChI=1S/C25H38O16/c26-6-11-14(29)16(31)18(33)24(37-11)41-22-15(30)12(7-27)38-25(20(22)35)40-21-13(8-28)39-23(19(34)17(21)32)36-9-10-4-2-1-3-5-10/h1-5,11-35H,6-9H2/t11?,12?,13?,14-,15-,16-,17+,18?,19?,20?,21-,22-,23+,24-,25-/m0/s1. The first kappa shape index (κ1) is 32.5. The number of ether oxygens (including phenoxy) is 6. The number of benzene rings is 1. The maximum absolute atomic E-state index is 11.0. The van der Waals surface area contributed by atoms with Gasteiger partial charge in [0, 0.05) is 0 Å². The second-order valence-corrected chi connectivity index (χ2v) is 10.1. The molecule has 10 N–H and O–H groups in total. The van der Waals surface area contributed by atoms with Crippen molar-refractivity contribution in [3.8, 4) is 0 Å². The molecule has 1 aromatic carbocycles. The van der Waals surface area contributed by atoms with Crippen LogP contribution in [-0.2, 0) is 35.0 Å². The number of hydrogen-bond donors (Lipinski definition) is 10. The predicted octanol–water partition coefficient (Wildman–Crippen LogP) is -5.35. The van der Waals surface area contributed by atoms with Crippen molar-refractivity contribution in [1.29, 1.82) is 0 Å². The highest BCUT2D eigenvalue weighted by molar-refractivity contribution is 5.13. The van der Waals surface area contributed by atoms with Crippen LogP contribution in [0, 0.1) is 0 Å². The molecule has 15 atom stereocenters. The van der Waals surface area contributed by atoms with E-state index in [2.05, 4.69) is 0 Å². The van der Waals surface area contributed by atoms with E-state index in [-0.39, 0.29) is 6.61 Å². The van der Waals surface area contributed by atoms with Gasteiger partial charge in [0.1, 0.15) is 73.2 Å². The predicted molar refractivity (Wildman–Crippen MR) is 130 cm³/mol. The van der Waals surface area contributed by atoms with Gasteiger partial charge in [-0.2, -0.15) is 0 Å². The third-order valence-electron chi connectivity index (χ3n) is 7.33. The van der Waals surface area contributed by atoms with Crippen LogP contribution in [-0.4, -0.2) is 163 Å². The summed E-state index contributed by atoms with van der Waals surface area (Å²) in [7, 11) is 0. The van der Waals surface area contributed by atoms with E-state index in [1.807, 2.05) is 6.07 Å². The molecule has 16 nitrogen and oxygen atoms in total. The fraction of sp³-hybridized carbons (Fsp3) is 0.760. The minimum absolute atomic E-state index is 0.0243. The minimum atomic E-state index is -1.89. The zero-order valence-corrected chi connectivity index (χ0v) is 21.8. The van der Waals surface area contributed by atoms with Gasteiger partial charge in [0.05, 0.1) is 26.4 Å². The van der Waals surface area contributed by atoms with E-state index >= 15 is 0 Å². The molecule has 0 radical (unpaired) electrons. The smallest absolute Gasteiger partial charge is 0.187 e. The van der Waals surface area contributed by atoms with Gasteiger partial charge >= 0.3 is 0 Å². The molecule has 3 saturated heterocycles. The summed E-state index contributed by atoms with van der Waals surface area (Å²) in [5, 5.41) is 103. The van der Waals surface area contributed by atoms with Gasteiger partial charge < -0.3 is 79.5 Å². The summed E-state index contributed by atoms with van der Waals surface area (Å²) in [4.78, 5) is 0. The average Bonchev–Trinajstić information content (AvgIpc) is 2.98. The van der Waals surface area contributed by atoms with Crippen LogP contribution in [0.5, 0.6) is 0 Å². The van der Waals surface area contributed by atoms with Gasteiger partial charge in [-0.3, -0.25) is 0 Å². The molecule has 0 amide bonds. The normalized spacial score (nSPS) is 45.5. The highest BCUT2D eigenvalue weighted by Gasteiger charge is 2.53. The van der Waals surface area contributed by atoms with E-state index < -0.39 is 112 Å². The van der Waals surface area contributed by atoms with Crippen molar-refractivity contribution in [3.63, 3.8) is 0 Å². The van der Waals surface area contributed by atoms with E-state index in [0.29, 0.717) is 0 Å². The highest BCUT2D eigenvalue weighted by atomic mass is 16.8. The third-order valence-corrected chi connectivity index (χ3v) is 7.33. The molecule has 4 rings (SSSR count). The second-order valence-electron chi connectivity index (χ2n) is 10.1. The Morgan fingerprint density at radius 1 is 0.512 bits per heavy atom. The van der Waals surface area contributed by atoms with Crippen molar-refractivity contribution in [3.05, 3.63) is 35.9 Å². The molecule has 3 aliphatic rings. The molecule has 0 bridgehead atoms. The Hall–Kier alpha value is -1.42. The molecule has 234 valence electrons. The molecule has 1 aromatic rings. The lowest BCUT2D eigenvalue weighted by molar-refractivity contribution is -0.381. The van der Waals surface area contributed by atoms with Crippen molar-refractivity contribution in [1.82, 2.24) is 0 Å².